The molecule has 2 unspecified atom stereocenters. The number of thiazole rings is 1. The number of anilines is 1. The summed E-state index contributed by atoms with van der Waals surface area (Å²) in [7, 11) is 1.74. The van der Waals surface area contributed by atoms with Crippen molar-refractivity contribution < 1.29 is 14.6 Å². The van der Waals surface area contributed by atoms with Gasteiger partial charge in [0, 0.05) is 26.1 Å². The van der Waals surface area contributed by atoms with Crippen molar-refractivity contribution in [2.24, 2.45) is 5.92 Å². The average molecular weight is 296 g/mol. The molecule has 6 heteroatoms. The molecule has 1 aliphatic carbocycles. The number of hydrogen-bond acceptors (Lipinski definition) is 5. The van der Waals surface area contributed by atoms with Gasteiger partial charge in [0.2, 0.25) is 0 Å². The first-order valence-electron chi connectivity index (χ1n) is 7.12. The Bertz CT molecular complexity index is 513. The third-order valence-corrected chi connectivity index (χ3v) is 5.38. The largest absolute Gasteiger partial charge is 0.477 e. The van der Waals surface area contributed by atoms with E-state index in [1.807, 2.05) is 0 Å². The number of rotatable bonds is 4. The smallest absolute Gasteiger partial charge is 0.347 e. The minimum atomic E-state index is -0.843. The van der Waals surface area contributed by atoms with Crippen LogP contribution in [-0.2, 0) is 4.74 Å². The maximum Gasteiger partial charge on any atom is 0.347 e. The van der Waals surface area contributed by atoms with E-state index in [4.69, 9.17) is 4.74 Å². The van der Waals surface area contributed by atoms with E-state index in [-0.39, 0.29) is 6.10 Å². The highest BCUT2D eigenvalue weighted by molar-refractivity contribution is 7.17. The van der Waals surface area contributed by atoms with E-state index in [2.05, 4.69) is 16.8 Å². The second-order valence-electron chi connectivity index (χ2n) is 5.78. The highest BCUT2D eigenvalue weighted by Crippen LogP contribution is 2.44. The van der Waals surface area contributed by atoms with Crippen molar-refractivity contribution >= 4 is 22.4 Å². The number of carbonyl (C=O) groups is 1. The minimum absolute atomic E-state index is 0.199. The number of ether oxygens (including phenoxy) is 1. The second kappa shape index (κ2) is 5.33. The molecular formula is C14H20N2O3S. The highest BCUT2D eigenvalue weighted by Gasteiger charge is 2.34. The van der Waals surface area contributed by atoms with Gasteiger partial charge in [0.25, 0.3) is 0 Å². The fraction of sp³-hybridized carbons (Fsp3) is 0.714. The van der Waals surface area contributed by atoms with Crippen LogP contribution in [0.3, 0.4) is 0 Å². The quantitative estimate of drug-likeness (QED) is 0.925. The zero-order valence-electron chi connectivity index (χ0n) is 11.8. The van der Waals surface area contributed by atoms with Gasteiger partial charge >= 0.3 is 5.97 Å². The Balaban J connectivity index is 1.83. The Labute approximate surface area is 122 Å². The van der Waals surface area contributed by atoms with Gasteiger partial charge in [0.1, 0.15) is 4.88 Å². The van der Waals surface area contributed by atoms with E-state index < -0.39 is 5.97 Å². The van der Waals surface area contributed by atoms with Crippen LogP contribution in [0.15, 0.2) is 0 Å². The summed E-state index contributed by atoms with van der Waals surface area (Å²) in [5.41, 5.74) is 0.796. The SMILES string of the molecule is COC1CN(c2nc(C3CC3)c(C(=O)O)s2)CCC1C. The van der Waals surface area contributed by atoms with Crippen molar-refractivity contribution in [1.29, 1.82) is 0 Å². The van der Waals surface area contributed by atoms with Gasteiger partial charge in [-0.3, -0.25) is 0 Å². The van der Waals surface area contributed by atoms with Crippen LogP contribution in [0.25, 0.3) is 0 Å². The summed E-state index contributed by atoms with van der Waals surface area (Å²) < 4.78 is 5.52. The summed E-state index contributed by atoms with van der Waals surface area (Å²) in [5.74, 6) is 0.0652. The molecule has 0 amide bonds. The van der Waals surface area contributed by atoms with Gasteiger partial charge in [0.15, 0.2) is 5.13 Å². The van der Waals surface area contributed by atoms with Gasteiger partial charge in [-0.2, -0.15) is 0 Å². The van der Waals surface area contributed by atoms with Crippen LogP contribution < -0.4 is 4.90 Å². The lowest BCUT2D eigenvalue weighted by Gasteiger charge is -2.36. The minimum Gasteiger partial charge on any atom is -0.477 e. The highest BCUT2D eigenvalue weighted by atomic mass is 32.1. The molecule has 3 rings (SSSR count). The number of methoxy groups -OCH3 is 1. The van der Waals surface area contributed by atoms with E-state index in [1.54, 1.807) is 7.11 Å². The summed E-state index contributed by atoms with van der Waals surface area (Å²) in [4.78, 5) is 18.6. The molecule has 1 aliphatic heterocycles. The topological polar surface area (TPSA) is 62.7 Å². The van der Waals surface area contributed by atoms with Crippen LogP contribution in [0, 0.1) is 5.92 Å². The molecule has 0 radical (unpaired) electrons. The van der Waals surface area contributed by atoms with Gasteiger partial charge in [0.05, 0.1) is 11.8 Å². The summed E-state index contributed by atoms with van der Waals surface area (Å²) in [6.45, 7) is 3.93. The molecule has 0 bridgehead atoms. The average Bonchev–Trinajstić information content (AvgIpc) is 3.18. The predicted octanol–water partition coefficient (Wildman–Crippen LogP) is 2.58. The van der Waals surface area contributed by atoms with Crippen LogP contribution in [0.2, 0.25) is 0 Å². The van der Waals surface area contributed by atoms with Crippen molar-refractivity contribution in [3.05, 3.63) is 10.6 Å². The van der Waals surface area contributed by atoms with Crippen LogP contribution in [-0.4, -0.2) is 42.4 Å². The van der Waals surface area contributed by atoms with E-state index in [9.17, 15) is 9.90 Å². The normalized spacial score (nSPS) is 26.8. The molecule has 110 valence electrons. The molecule has 0 aromatic carbocycles. The molecule has 20 heavy (non-hydrogen) atoms. The summed E-state index contributed by atoms with van der Waals surface area (Å²) >= 11 is 1.32. The standard InChI is InChI=1S/C14H20N2O3S/c1-8-5-6-16(7-10(8)19-2)14-15-11(9-3-4-9)12(20-14)13(17)18/h8-10H,3-7H2,1-2H3,(H,17,18). The Morgan fingerprint density at radius 1 is 1.45 bits per heavy atom. The number of aromatic nitrogens is 1. The van der Waals surface area contributed by atoms with E-state index in [0.717, 1.165) is 43.2 Å². The number of carboxylic acid groups (broad SMARTS) is 1. The predicted molar refractivity (Wildman–Crippen MR) is 77.8 cm³/mol. The van der Waals surface area contributed by atoms with Crippen molar-refractivity contribution in [3.63, 3.8) is 0 Å². The molecule has 2 aliphatic rings. The van der Waals surface area contributed by atoms with Crippen LogP contribution in [0.1, 0.15) is 47.5 Å². The molecule has 2 fully saturated rings. The van der Waals surface area contributed by atoms with Crippen LogP contribution in [0.4, 0.5) is 5.13 Å². The number of nitrogens with zero attached hydrogens (tertiary/aromatic N) is 2. The monoisotopic (exact) mass is 296 g/mol. The molecule has 2 heterocycles. The molecule has 0 spiro atoms. The zero-order valence-corrected chi connectivity index (χ0v) is 12.7. The second-order valence-corrected chi connectivity index (χ2v) is 6.75. The summed E-state index contributed by atoms with van der Waals surface area (Å²) in [5, 5.41) is 10.2. The molecule has 2 atom stereocenters. The van der Waals surface area contributed by atoms with Crippen molar-refractivity contribution in [3.8, 4) is 0 Å². The zero-order chi connectivity index (χ0) is 14.3. The fourth-order valence-corrected chi connectivity index (χ4v) is 3.78. The number of carboxylic acids is 1. The lowest BCUT2D eigenvalue weighted by atomic mass is 9.96. The van der Waals surface area contributed by atoms with Gasteiger partial charge in [-0.25, -0.2) is 9.78 Å². The number of piperidine rings is 1. The van der Waals surface area contributed by atoms with Crippen molar-refractivity contribution in [2.45, 2.75) is 38.2 Å². The van der Waals surface area contributed by atoms with E-state index in [1.165, 1.54) is 11.3 Å². The van der Waals surface area contributed by atoms with Gasteiger partial charge in [-0.15, -0.1) is 0 Å². The Hall–Kier alpha value is -1.14. The van der Waals surface area contributed by atoms with E-state index in [0.29, 0.717) is 16.7 Å². The molecule has 1 aromatic rings. The van der Waals surface area contributed by atoms with Gasteiger partial charge in [-0.1, -0.05) is 18.3 Å². The molecule has 1 aromatic heterocycles. The van der Waals surface area contributed by atoms with Crippen LogP contribution in [0.5, 0.6) is 0 Å². The first-order chi connectivity index (χ1) is 9.60. The molecule has 1 saturated heterocycles. The lowest BCUT2D eigenvalue weighted by Crippen LogP contribution is -2.43. The fourth-order valence-electron chi connectivity index (χ4n) is 2.76. The Kier molecular flexibility index (Phi) is 3.69. The molecular weight excluding hydrogens is 276 g/mol. The third kappa shape index (κ3) is 2.54. The molecule has 1 saturated carbocycles. The van der Waals surface area contributed by atoms with E-state index >= 15 is 0 Å². The third-order valence-electron chi connectivity index (χ3n) is 4.26. The first kappa shape index (κ1) is 13.8. The summed E-state index contributed by atoms with van der Waals surface area (Å²) in [6, 6.07) is 0. The number of aromatic carboxylic acids is 1. The molecule has 5 nitrogen and oxygen atoms in total. The number of hydrogen-bond donors (Lipinski definition) is 1. The first-order valence-corrected chi connectivity index (χ1v) is 7.93. The van der Waals surface area contributed by atoms with Crippen molar-refractivity contribution in [2.75, 3.05) is 25.1 Å². The maximum atomic E-state index is 11.3. The Morgan fingerprint density at radius 2 is 2.20 bits per heavy atom. The Morgan fingerprint density at radius 3 is 2.80 bits per heavy atom. The van der Waals surface area contributed by atoms with Crippen molar-refractivity contribution in [1.82, 2.24) is 4.98 Å². The van der Waals surface area contributed by atoms with Gasteiger partial charge in [-0.05, 0) is 25.2 Å². The lowest BCUT2D eigenvalue weighted by molar-refractivity contribution is 0.0498. The maximum absolute atomic E-state index is 11.3. The molecule has 1 N–H and O–H groups in total. The van der Waals surface area contributed by atoms with Gasteiger partial charge < -0.3 is 14.7 Å². The summed E-state index contributed by atoms with van der Waals surface area (Å²) in [6.07, 6.45) is 3.40. The van der Waals surface area contributed by atoms with Crippen LogP contribution >= 0.6 is 11.3 Å².